The van der Waals surface area contributed by atoms with Crippen LogP contribution in [0.2, 0.25) is 0 Å². The molecule has 2 aliphatic rings. The van der Waals surface area contributed by atoms with E-state index in [1.54, 1.807) is 0 Å². The number of ether oxygens (including phenoxy) is 1. The Balaban J connectivity index is 1.22. The first-order chi connectivity index (χ1) is 16.8. The van der Waals surface area contributed by atoms with Gasteiger partial charge in [-0.2, -0.15) is 4.98 Å². The van der Waals surface area contributed by atoms with Crippen molar-refractivity contribution in [2.45, 2.75) is 36.9 Å². The minimum absolute atomic E-state index is 0.0277. The van der Waals surface area contributed by atoms with Crippen molar-refractivity contribution in [2.75, 3.05) is 18.9 Å². The molecule has 0 saturated carbocycles. The molecule has 5 N–H and O–H groups in total. The summed E-state index contributed by atoms with van der Waals surface area (Å²) < 4.78 is 17.9. The number of fused-ring (bicyclic) bond motifs is 3. The predicted octanol–water partition coefficient (Wildman–Crippen LogP) is 1.90. The largest absolute Gasteiger partial charge is 0.387 e. The lowest BCUT2D eigenvalue weighted by Crippen LogP contribution is -2.46. The highest BCUT2D eigenvalue weighted by Crippen LogP contribution is 2.47. The van der Waals surface area contributed by atoms with Crippen LogP contribution in [0, 0.1) is 0 Å². The molecule has 10 nitrogen and oxygen atoms in total. The first kappa shape index (κ1) is 24.0. The number of aliphatic hydroxyl groups is 2. The molecule has 11 heteroatoms. The van der Waals surface area contributed by atoms with Gasteiger partial charge in [0.15, 0.2) is 6.23 Å². The van der Waals surface area contributed by atoms with Gasteiger partial charge >= 0.3 is 14.3 Å². The molecular formula is C24H26N3O7P. The van der Waals surface area contributed by atoms with Gasteiger partial charge in [-0.1, -0.05) is 48.5 Å². The Bertz CT molecular complexity index is 1240. The highest BCUT2D eigenvalue weighted by Gasteiger charge is 2.53. The molecule has 1 fully saturated rings. The Morgan fingerprint density at radius 3 is 2.31 bits per heavy atom. The Kier molecular flexibility index (Phi) is 6.45. The van der Waals surface area contributed by atoms with Crippen LogP contribution in [0.5, 0.6) is 0 Å². The molecule has 5 atom stereocenters. The van der Waals surface area contributed by atoms with Crippen molar-refractivity contribution in [3.63, 3.8) is 0 Å². The van der Waals surface area contributed by atoms with Crippen molar-refractivity contribution in [2.24, 2.45) is 0 Å². The van der Waals surface area contributed by atoms with E-state index in [0.717, 1.165) is 26.8 Å². The highest BCUT2D eigenvalue weighted by atomic mass is 31.2. The lowest BCUT2D eigenvalue weighted by Gasteiger charge is -2.27. The molecule has 0 spiro atoms. The topological polar surface area (TPSA) is 149 Å². The summed E-state index contributed by atoms with van der Waals surface area (Å²) in [5.74, 6) is -0.0219. The number of benzene rings is 2. The maximum absolute atomic E-state index is 12.2. The first-order valence-corrected chi connectivity index (χ1v) is 12.2. The maximum Gasteiger partial charge on any atom is 0.351 e. The Morgan fingerprint density at radius 2 is 1.69 bits per heavy atom. The molecule has 1 aromatic heterocycles. The molecule has 0 bridgehead atoms. The molecule has 35 heavy (non-hydrogen) atoms. The van der Waals surface area contributed by atoms with E-state index in [0.29, 0.717) is 0 Å². The van der Waals surface area contributed by atoms with Gasteiger partial charge in [-0.3, -0.25) is 4.57 Å². The van der Waals surface area contributed by atoms with Crippen LogP contribution in [0.3, 0.4) is 0 Å². The number of nitrogens with two attached hydrogens (primary N) is 1. The quantitative estimate of drug-likeness (QED) is 0.358. The van der Waals surface area contributed by atoms with E-state index < -0.39 is 38.3 Å². The fraction of sp³-hybridized carbons (Fsp3) is 0.333. The third-order valence-corrected chi connectivity index (χ3v) is 7.26. The van der Waals surface area contributed by atoms with Gasteiger partial charge in [0.05, 0.1) is 13.2 Å². The van der Waals surface area contributed by atoms with Gasteiger partial charge in [0, 0.05) is 12.1 Å². The van der Waals surface area contributed by atoms with E-state index >= 15 is 0 Å². The molecule has 5 rings (SSSR count). The summed E-state index contributed by atoms with van der Waals surface area (Å²) in [7, 11) is -2.29. The minimum Gasteiger partial charge on any atom is -0.387 e. The number of anilines is 1. The molecule has 2 aromatic carbocycles. The number of nitrogen functional groups attached to an aromatic ring is 1. The summed E-state index contributed by atoms with van der Waals surface area (Å²) in [5, 5.41) is 21.4. The fourth-order valence-electron chi connectivity index (χ4n) is 4.73. The second-order valence-electron chi connectivity index (χ2n) is 8.80. The summed E-state index contributed by atoms with van der Waals surface area (Å²) in [6, 6.07) is 17.5. The van der Waals surface area contributed by atoms with Crippen molar-refractivity contribution in [1.29, 1.82) is 0 Å². The lowest BCUT2D eigenvalue weighted by atomic mass is 9.96. The minimum atomic E-state index is -2.29. The summed E-state index contributed by atoms with van der Waals surface area (Å²) in [5.41, 5.74) is 7.50. The van der Waals surface area contributed by atoms with Crippen molar-refractivity contribution in [1.82, 2.24) is 9.55 Å². The standard InChI is InChI=1S/C24H26N3O7P/c1-24(30)21(28)19(34-22(24)27-11-10-20(25)26-23(27)29)13-33-35(31)32-12-18-16-8-4-2-6-14(16)15-7-3-5-9-17(15)18/h2-11,18-19,21-22,28,30-31H,12-13H2,1H3,(H2,25,26,29)/t19-,21-,22-,24-,35?/m1/s1. The second kappa shape index (κ2) is 9.40. The SMILES string of the molecule is C[C@@]1(O)[C@H](O)[C@@H](COP(O)OCC2c3ccccc3-c3ccccc32)O[C@H]1n1ccc(N)nc1=O. The van der Waals surface area contributed by atoms with Gasteiger partial charge in [-0.05, 0) is 35.2 Å². The third kappa shape index (κ3) is 4.39. The first-order valence-electron chi connectivity index (χ1n) is 11.1. The van der Waals surface area contributed by atoms with E-state index in [1.807, 2.05) is 36.4 Å². The van der Waals surface area contributed by atoms with Crippen LogP contribution in [-0.4, -0.2) is 55.7 Å². The molecule has 184 valence electrons. The van der Waals surface area contributed by atoms with Crippen LogP contribution in [0.15, 0.2) is 65.6 Å². The smallest absolute Gasteiger partial charge is 0.351 e. The van der Waals surface area contributed by atoms with Crippen molar-refractivity contribution in [3.8, 4) is 11.1 Å². The number of aliphatic hydroxyl groups excluding tert-OH is 1. The number of aromatic nitrogens is 2. The number of hydrogen-bond acceptors (Lipinski definition) is 9. The maximum atomic E-state index is 12.2. The van der Waals surface area contributed by atoms with Crippen molar-refractivity contribution < 1.29 is 28.9 Å². The van der Waals surface area contributed by atoms with Crippen LogP contribution in [0.4, 0.5) is 5.82 Å². The predicted molar refractivity (Wildman–Crippen MR) is 128 cm³/mol. The summed E-state index contributed by atoms with van der Waals surface area (Å²) in [6.07, 6.45) is -2.30. The van der Waals surface area contributed by atoms with Gasteiger partial charge in [-0.25, -0.2) is 4.79 Å². The van der Waals surface area contributed by atoms with E-state index in [2.05, 4.69) is 17.1 Å². The summed E-state index contributed by atoms with van der Waals surface area (Å²) >= 11 is 0. The molecule has 3 aromatic rings. The third-order valence-electron chi connectivity index (χ3n) is 6.52. The average Bonchev–Trinajstić information content (AvgIpc) is 3.28. The molecule has 0 radical (unpaired) electrons. The Hall–Kier alpha value is -2.69. The second-order valence-corrected chi connectivity index (χ2v) is 9.79. The number of hydrogen-bond donors (Lipinski definition) is 4. The zero-order valence-corrected chi connectivity index (χ0v) is 19.8. The normalized spacial score (nSPS) is 26.5. The molecule has 1 saturated heterocycles. The van der Waals surface area contributed by atoms with Gasteiger partial charge in [0.25, 0.3) is 0 Å². The lowest BCUT2D eigenvalue weighted by molar-refractivity contribution is -0.0984. The zero-order chi connectivity index (χ0) is 24.7. The fourth-order valence-corrected chi connectivity index (χ4v) is 5.36. The van der Waals surface area contributed by atoms with Crippen LogP contribution in [0.25, 0.3) is 11.1 Å². The van der Waals surface area contributed by atoms with Gasteiger partial charge < -0.3 is 34.6 Å². The summed E-state index contributed by atoms with van der Waals surface area (Å²) in [4.78, 5) is 26.2. The van der Waals surface area contributed by atoms with Crippen LogP contribution >= 0.6 is 8.60 Å². The zero-order valence-electron chi connectivity index (χ0n) is 18.9. The van der Waals surface area contributed by atoms with Crippen LogP contribution < -0.4 is 11.4 Å². The van der Waals surface area contributed by atoms with E-state index in [4.69, 9.17) is 19.5 Å². The molecule has 2 heterocycles. The van der Waals surface area contributed by atoms with Crippen LogP contribution in [-0.2, 0) is 13.8 Å². The van der Waals surface area contributed by atoms with E-state index in [9.17, 15) is 19.9 Å². The summed E-state index contributed by atoms with van der Waals surface area (Å²) in [6.45, 7) is 1.29. The Morgan fingerprint density at radius 1 is 1.09 bits per heavy atom. The van der Waals surface area contributed by atoms with Gasteiger partial charge in [0.2, 0.25) is 0 Å². The van der Waals surface area contributed by atoms with E-state index in [1.165, 1.54) is 19.2 Å². The van der Waals surface area contributed by atoms with Gasteiger partial charge in [0.1, 0.15) is 23.6 Å². The average molecular weight is 499 g/mol. The van der Waals surface area contributed by atoms with Crippen molar-refractivity contribution >= 4 is 14.4 Å². The van der Waals surface area contributed by atoms with Crippen molar-refractivity contribution in [3.05, 3.63) is 82.4 Å². The highest BCUT2D eigenvalue weighted by molar-refractivity contribution is 7.40. The van der Waals surface area contributed by atoms with Gasteiger partial charge in [-0.15, -0.1) is 0 Å². The monoisotopic (exact) mass is 499 g/mol. The molecule has 1 aliphatic heterocycles. The molecule has 1 unspecified atom stereocenters. The van der Waals surface area contributed by atoms with E-state index in [-0.39, 0.29) is 24.9 Å². The molecular weight excluding hydrogens is 473 g/mol. The molecule has 0 amide bonds. The van der Waals surface area contributed by atoms with Crippen LogP contribution in [0.1, 0.15) is 30.2 Å². The molecule has 1 aliphatic carbocycles. The number of nitrogens with zero attached hydrogens (tertiary/aromatic N) is 2. The Labute approximate surface area is 202 Å². The number of rotatable bonds is 7.